The van der Waals surface area contributed by atoms with Crippen LogP contribution in [0.1, 0.15) is 22.3 Å². The first-order chi connectivity index (χ1) is 13.8. The van der Waals surface area contributed by atoms with Crippen molar-refractivity contribution in [2.24, 2.45) is 0 Å². The van der Waals surface area contributed by atoms with Crippen LogP contribution in [-0.4, -0.2) is 16.8 Å². The van der Waals surface area contributed by atoms with Crippen molar-refractivity contribution < 1.29 is 4.79 Å². The van der Waals surface area contributed by atoms with Crippen molar-refractivity contribution in [3.05, 3.63) is 107 Å². The number of carbonyl (C=O) groups is 1. The zero-order chi connectivity index (χ0) is 18.7. The Balaban J connectivity index is 1.61. The Morgan fingerprint density at radius 3 is 2.43 bits per heavy atom. The highest BCUT2D eigenvalue weighted by Gasteiger charge is 2.59. The number of hydrogen-bond donors (Lipinski definition) is 1. The molecule has 3 heteroatoms. The molecule has 1 spiro atoms. The third kappa shape index (κ3) is 1.94. The number of carbonyl (C=O) groups excluding carboxylic acids is 1. The van der Waals surface area contributed by atoms with Crippen molar-refractivity contribution in [1.29, 1.82) is 0 Å². The van der Waals surface area contributed by atoms with Crippen LogP contribution in [0.15, 0.2) is 84.9 Å². The molecule has 136 valence electrons. The number of anilines is 1. The number of hydrogen-bond acceptors (Lipinski definition) is 2. The lowest BCUT2D eigenvalue weighted by Crippen LogP contribution is -2.53. The van der Waals surface area contributed by atoms with Crippen LogP contribution < -0.4 is 5.32 Å². The molecular weight excluding hydrogens is 344 g/mol. The highest BCUT2D eigenvalue weighted by Crippen LogP contribution is 2.55. The van der Waals surface area contributed by atoms with Gasteiger partial charge in [0, 0.05) is 23.8 Å². The van der Waals surface area contributed by atoms with Gasteiger partial charge >= 0.3 is 0 Å². The standard InChI is InChI=1S/C25H20N2O/c28-24-25(21-12-6-7-13-23(21)26-24)22(17-8-2-1-3-9-17)15-20-14-18-10-4-5-11-19(18)16-27(20)25/h1-13,15,20H,14,16H2,(H,26,28)/t20-,25-/m0/s1. The van der Waals surface area contributed by atoms with Crippen molar-refractivity contribution in [3.8, 4) is 0 Å². The molecule has 3 aliphatic rings. The molecular formula is C25H20N2O. The van der Waals surface area contributed by atoms with E-state index < -0.39 is 5.54 Å². The van der Waals surface area contributed by atoms with Gasteiger partial charge in [0.25, 0.3) is 5.91 Å². The molecule has 6 rings (SSSR count). The Labute approximate surface area is 164 Å². The minimum Gasteiger partial charge on any atom is -0.324 e. The number of fused-ring (bicyclic) bond motifs is 5. The van der Waals surface area contributed by atoms with Gasteiger partial charge in [0.1, 0.15) is 0 Å². The Bertz CT molecular complexity index is 1130. The van der Waals surface area contributed by atoms with Gasteiger partial charge in [0.15, 0.2) is 5.54 Å². The van der Waals surface area contributed by atoms with Gasteiger partial charge in [-0.05, 0) is 34.8 Å². The molecule has 3 nitrogen and oxygen atoms in total. The molecule has 0 bridgehead atoms. The summed E-state index contributed by atoms with van der Waals surface area (Å²) in [5.74, 6) is 0.0608. The number of rotatable bonds is 1. The summed E-state index contributed by atoms with van der Waals surface area (Å²) in [6.45, 7) is 0.773. The van der Waals surface area contributed by atoms with Gasteiger partial charge in [0.05, 0.1) is 0 Å². The van der Waals surface area contributed by atoms with Crippen LogP contribution in [0.25, 0.3) is 5.57 Å². The highest BCUT2D eigenvalue weighted by molar-refractivity contribution is 6.15. The van der Waals surface area contributed by atoms with E-state index >= 15 is 0 Å². The normalized spacial score (nSPS) is 25.1. The third-order valence-electron chi connectivity index (χ3n) is 6.45. The zero-order valence-electron chi connectivity index (χ0n) is 15.4. The molecule has 0 saturated carbocycles. The molecule has 1 N–H and O–H groups in total. The van der Waals surface area contributed by atoms with Gasteiger partial charge in [-0.3, -0.25) is 9.69 Å². The van der Waals surface area contributed by atoms with E-state index in [9.17, 15) is 4.79 Å². The molecule has 2 atom stereocenters. The quantitative estimate of drug-likeness (QED) is 0.696. The number of para-hydroxylation sites is 1. The lowest BCUT2D eigenvalue weighted by molar-refractivity contribution is -0.125. The first-order valence-corrected chi connectivity index (χ1v) is 9.80. The molecule has 0 unspecified atom stereocenters. The second-order valence-corrected chi connectivity index (χ2v) is 7.82. The van der Waals surface area contributed by atoms with E-state index in [1.807, 2.05) is 24.3 Å². The first kappa shape index (κ1) is 15.8. The Morgan fingerprint density at radius 2 is 1.57 bits per heavy atom. The smallest absolute Gasteiger partial charge is 0.254 e. The van der Waals surface area contributed by atoms with Gasteiger partial charge in [0.2, 0.25) is 0 Å². The Morgan fingerprint density at radius 1 is 0.857 bits per heavy atom. The lowest BCUT2D eigenvalue weighted by Gasteiger charge is -2.42. The van der Waals surface area contributed by atoms with E-state index in [1.165, 1.54) is 11.1 Å². The minimum absolute atomic E-state index is 0.0608. The van der Waals surface area contributed by atoms with Gasteiger partial charge in [-0.15, -0.1) is 0 Å². The Hall–Kier alpha value is -3.17. The molecule has 0 saturated heterocycles. The summed E-state index contributed by atoms with van der Waals surface area (Å²) in [4.78, 5) is 16.0. The molecule has 3 heterocycles. The predicted molar refractivity (Wildman–Crippen MR) is 111 cm³/mol. The van der Waals surface area contributed by atoms with Gasteiger partial charge < -0.3 is 5.32 Å². The van der Waals surface area contributed by atoms with Gasteiger partial charge in [-0.1, -0.05) is 78.9 Å². The van der Waals surface area contributed by atoms with E-state index in [2.05, 4.69) is 70.9 Å². The molecule has 3 aliphatic heterocycles. The number of benzene rings is 3. The molecule has 1 amide bonds. The monoisotopic (exact) mass is 364 g/mol. The molecule has 0 radical (unpaired) electrons. The fourth-order valence-electron chi connectivity index (χ4n) is 5.25. The SMILES string of the molecule is O=C1Nc2ccccc2[C@]12C(c1ccccc1)=C[C@@H]1Cc3ccccc3CN12. The van der Waals surface area contributed by atoms with E-state index in [-0.39, 0.29) is 11.9 Å². The van der Waals surface area contributed by atoms with Crippen LogP contribution in [0.2, 0.25) is 0 Å². The first-order valence-electron chi connectivity index (χ1n) is 9.80. The molecule has 28 heavy (non-hydrogen) atoms. The molecule has 0 aliphatic carbocycles. The van der Waals surface area contributed by atoms with Crippen molar-refractivity contribution in [2.75, 3.05) is 5.32 Å². The molecule has 3 aromatic rings. The summed E-state index contributed by atoms with van der Waals surface area (Å²) < 4.78 is 0. The van der Waals surface area contributed by atoms with Crippen molar-refractivity contribution in [1.82, 2.24) is 4.90 Å². The minimum atomic E-state index is -0.768. The van der Waals surface area contributed by atoms with Gasteiger partial charge in [-0.2, -0.15) is 0 Å². The maximum absolute atomic E-state index is 13.6. The van der Waals surface area contributed by atoms with Crippen LogP contribution >= 0.6 is 0 Å². The van der Waals surface area contributed by atoms with Crippen molar-refractivity contribution in [2.45, 2.75) is 24.5 Å². The molecule has 3 aromatic carbocycles. The van der Waals surface area contributed by atoms with Crippen LogP contribution in [-0.2, 0) is 23.3 Å². The molecule has 0 fully saturated rings. The summed E-state index contributed by atoms with van der Waals surface area (Å²) in [7, 11) is 0. The second-order valence-electron chi connectivity index (χ2n) is 7.82. The van der Waals surface area contributed by atoms with Crippen molar-refractivity contribution in [3.63, 3.8) is 0 Å². The van der Waals surface area contributed by atoms with E-state index in [0.29, 0.717) is 0 Å². The zero-order valence-corrected chi connectivity index (χ0v) is 15.4. The van der Waals surface area contributed by atoms with E-state index in [0.717, 1.165) is 35.4 Å². The summed E-state index contributed by atoms with van der Waals surface area (Å²) >= 11 is 0. The summed E-state index contributed by atoms with van der Waals surface area (Å²) in [6, 6.07) is 27.3. The second kappa shape index (κ2) is 5.66. The van der Waals surface area contributed by atoms with E-state index in [4.69, 9.17) is 0 Å². The average molecular weight is 364 g/mol. The van der Waals surface area contributed by atoms with Crippen LogP contribution in [0, 0.1) is 0 Å². The van der Waals surface area contributed by atoms with E-state index in [1.54, 1.807) is 0 Å². The fraction of sp³-hybridized carbons (Fsp3) is 0.160. The predicted octanol–water partition coefficient (Wildman–Crippen LogP) is 4.36. The Kier molecular flexibility index (Phi) is 3.21. The van der Waals surface area contributed by atoms with Crippen LogP contribution in [0.5, 0.6) is 0 Å². The fourth-order valence-corrected chi connectivity index (χ4v) is 5.25. The highest BCUT2D eigenvalue weighted by atomic mass is 16.2. The topological polar surface area (TPSA) is 32.3 Å². The largest absolute Gasteiger partial charge is 0.324 e. The number of amides is 1. The summed E-state index contributed by atoms with van der Waals surface area (Å²) in [6.07, 6.45) is 3.26. The van der Waals surface area contributed by atoms with Crippen molar-refractivity contribution >= 4 is 17.2 Å². The maximum atomic E-state index is 13.6. The maximum Gasteiger partial charge on any atom is 0.254 e. The summed E-state index contributed by atoms with van der Waals surface area (Å²) in [5, 5.41) is 3.17. The molecule has 0 aromatic heterocycles. The average Bonchev–Trinajstić information content (AvgIpc) is 3.23. The van der Waals surface area contributed by atoms with Crippen LogP contribution in [0.4, 0.5) is 5.69 Å². The summed E-state index contributed by atoms with van der Waals surface area (Å²) in [5.41, 5.74) is 6.15. The number of nitrogens with one attached hydrogen (secondary N) is 1. The van der Waals surface area contributed by atoms with Crippen LogP contribution in [0.3, 0.4) is 0 Å². The lowest BCUT2D eigenvalue weighted by atomic mass is 9.80. The number of nitrogens with zero attached hydrogens (tertiary/aromatic N) is 1. The third-order valence-corrected chi connectivity index (χ3v) is 6.45. The van der Waals surface area contributed by atoms with Gasteiger partial charge in [-0.25, -0.2) is 0 Å².